The lowest BCUT2D eigenvalue weighted by Gasteiger charge is -2.37. The molecule has 2 N–H and O–H groups in total. The van der Waals surface area contributed by atoms with Crippen molar-refractivity contribution in [3.05, 3.63) is 50.8 Å². The van der Waals surface area contributed by atoms with Gasteiger partial charge in [0.25, 0.3) is 5.91 Å². The third kappa shape index (κ3) is 3.60. The number of halogens is 2. The minimum Gasteiger partial charge on any atom is -0.362 e. The van der Waals surface area contributed by atoms with Crippen LogP contribution in [0.25, 0.3) is 0 Å². The number of dihydropyridines is 1. The molecule has 148 valence electrons. The summed E-state index contributed by atoms with van der Waals surface area (Å²) in [6.07, 6.45) is 6.72. The highest BCUT2D eigenvalue weighted by atomic mass is 35.5. The van der Waals surface area contributed by atoms with Gasteiger partial charge in [-0.05, 0) is 56.7 Å². The first-order valence-corrected chi connectivity index (χ1v) is 10.7. The summed E-state index contributed by atoms with van der Waals surface area (Å²) in [5.41, 5.74) is 3.84. The van der Waals surface area contributed by atoms with Crippen LogP contribution >= 0.6 is 23.2 Å². The SMILES string of the molecule is CC1=C(C(=O)Nc2cc(Cl)ccc2Cl)C(C2CCCC2)C2=C(CCCC2=O)N1. The third-order valence-electron chi connectivity index (χ3n) is 6.11. The van der Waals surface area contributed by atoms with E-state index < -0.39 is 0 Å². The second-order valence-corrected chi connectivity index (χ2v) is 8.78. The first-order chi connectivity index (χ1) is 13.5. The first-order valence-electron chi connectivity index (χ1n) is 9.96. The second kappa shape index (κ2) is 7.92. The maximum Gasteiger partial charge on any atom is 0.254 e. The van der Waals surface area contributed by atoms with E-state index in [1.165, 1.54) is 0 Å². The lowest BCUT2D eigenvalue weighted by Crippen LogP contribution is -2.39. The highest BCUT2D eigenvalue weighted by molar-refractivity contribution is 6.36. The van der Waals surface area contributed by atoms with Crippen molar-refractivity contribution in [3.8, 4) is 0 Å². The van der Waals surface area contributed by atoms with Crippen molar-refractivity contribution in [2.75, 3.05) is 5.32 Å². The molecule has 1 aliphatic heterocycles. The number of allylic oxidation sites excluding steroid dienone is 3. The van der Waals surface area contributed by atoms with Crippen molar-refractivity contribution < 1.29 is 9.59 Å². The van der Waals surface area contributed by atoms with Crippen LogP contribution in [-0.2, 0) is 9.59 Å². The molecule has 1 amide bonds. The predicted octanol–water partition coefficient (Wildman–Crippen LogP) is 5.62. The third-order valence-corrected chi connectivity index (χ3v) is 6.68. The molecule has 4 nitrogen and oxygen atoms in total. The van der Waals surface area contributed by atoms with Crippen LogP contribution in [0.15, 0.2) is 40.7 Å². The topological polar surface area (TPSA) is 58.2 Å². The second-order valence-electron chi connectivity index (χ2n) is 7.93. The van der Waals surface area contributed by atoms with Crippen LogP contribution in [0.3, 0.4) is 0 Å². The van der Waals surface area contributed by atoms with Gasteiger partial charge in [-0.1, -0.05) is 36.0 Å². The monoisotopic (exact) mass is 418 g/mol. The van der Waals surface area contributed by atoms with Crippen molar-refractivity contribution in [2.24, 2.45) is 11.8 Å². The molecule has 2 aliphatic carbocycles. The zero-order chi connectivity index (χ0) is 19.8. The van der Waals surface area contributed by atoms with Gasteiger partial charge in [-0.3, -0.25) is 9.59 Å². The molecule has 1 unspecified atom stereocenters. The van der Waals surface area contributed by atoms with E-state index in [9.17, 15) is 9.59 Å². The Morgan fingerprint density at radius 3 is 2.64 bits per heavy atom. The molecule has 0 spiro atoms. The van der Waals surface area contributed by atoms with Gasteiger partial charge in [0.1, 0.15) is 0 Å². The van der Waals surface area contributed by atoms with Gasteiger partial charge in [0.05, 0.1) is 10.7 Å². The van der Waals surface area contributed by atoms with Crippen LogP contribution in [-0.4, -0.2) is 11.7 Å². The van der Waals surface area contributed by atoms with E-state index in [1.807, 2.05) is 6.92 Å². The Bertz CT molecular complexity index is 898. The summed E-state index contributed by atoms with van der Waals surface area (Å²) in [6.45, 7) is 1.93. The number of carbonyl (C=O) groups excluding carboxylic acids is 2. The Hall–Kier alpha value is -1.78. The number of benzene rings is 1. The Morgan fingerprint density at radius 2 is 1.89 bits per heavy atom. The standard InChI is InChI=1S/C22H24Cl2N2O2/c1-12-19(22(28)26-17-11-14(23)9-10-15(17)24)20(13-5-2-3-6-13)21-16(25-12)7-4-8-18(21)27/h9-11,13,20,25H,2-8H2,1H3,(H,26,28). The largest absolute Gasteiger partial charge is 0.362 e. The zero-order valence-electron chi connectivity index (χ0n) is 15.9. The molecule has 0 bridgehead atoms. The van der Waals surface area contributed by atoms with Crippen molar-refractivity contribution in [3.63, 3.8) is 0 Å². The number of nitrogens with one attached hydrogen (secondary N) is 2. The Kier molecular flexibility index (Phi) is 5.52. The lowest BCUT2D eigenvalue weighted by molar-refractivity contribution is -0.117. The van der Waals surface area contributed by atoms with Crippen LogP contribution in [0, 0.1) is 11.8 Å². The molecule has 3 aliphatic rings. The fourth-order valence-electron chi connectivity index (χ4n) is 4.88. The zero-order valence-corrected chi connectivity index (χ0v) is 17.4. The van der Waals surface area contributed by atoms with Gasteiger partial charge in [0.15, 0.2) is 5.78 Å². The number of hydrogen-bond donors (Lipinski definition) is 2. The molecule has 6 heteroatoms. The van der Waals surface area contributed by atoms with Gasteiger partial charge in [0, 0.05) is 39.9 Å². The number of Topliss-reactive ketones (excluding diaryl/α,β-unsaturated/α-hetero) is 1. The normalized spacial score (nSPS) is 23.0. The molecular formula is C22H24Cl2N2O2. The van der Waals surface area contributed by atoms with Crippen LogP contribution in [0.5, 0.6) is 0 Å². The molecule has 1 heterocycles. The summed E-state index contributed by atoms with van der Waals surface area (Å²) < 4.78 is 0. The van der Waals surface area contributed by atoms with Crippen LogP contribution in [0.1, 0.15) is 51.9 Å². The summed E-state index contributed by atoms with van der Waals surface area (Å²) in [4.78, 5) is 26.2. The molecule has 0 aromatic heterocycles. The lowest BCUT2D eigenvalue weighted by atomic mass is 9.71. The van der Waals surface area contributed by atoms with Crippen molar-refractivity contribution in [1.29, 1.82) is 0 Å². The minimum atomic E-state index is -0.212. The molecule has 1 atom stereocenters. The number of anilines is 1. The van der Waals surface area contributed by atoms with Crippen molar-refractivity contribution in [2.45, 2.75) is 51.9 Å². The molecule has 0 saturated heterocycles. The molecule has 28 heavy (non-hydrogen) atoms. The Morgan fingerprint density at radius 1 is 1.14 bits per heavy atom. The predicted molar refractivity (Wildman–Crippen MR) is 112 cm³/mol. The highest BCUT2D eigenvalue weighted by Gasteiger charge is 2.42. The quantitative estimate of drug-likeness (QED) is 0.668. The van der Waals surface area contributed by atoms with E-state index in [0.717, 1.165) is 55.5 Å². The van der Waals surface area contributed by atoms with E-state index in [0.29, 0.717) is 33.6 Å². The van der Waals surface area contributed by atoms with Crippen LogP contribution in [0.2, 0.25) is 10.0 Å². The Balaban J connectivity index is 1.72. The molecule has 1 saturated carbocycles. The molecule has 1 aromatic rings. The van der Waals surface area contributed by atoms with Gasteiger partial charge < -0.3 is 10.6 Å². The van der Waals surface area contributed by atoms with E-state index in [2.05, 4.69) is 10.6 Å². The van der Waals surface area contributed by atoms with Gasteiger partial charge in [-0.25, -0.2) is 0 Å². The molecular weight excluding hydrogens is 395 g/mol. The van der Waals surface area contributed by atoms with Gasteiger partial charge >= 0.3 is 0 Å². The minimum absolute atomic E-state index is 0.135. The van der Waals surface area contributed by atoms with Gasteiger partial charge in [0.2, 0.25) is 0 Å². The molecule has 1 fully saturated rings. The van der Waals surface area contributed by atoms with Crippen molar-refractivity contribution >= 4 is 40.6 Å². The average molecular weight is 419 g/mol. The van der Waals surface area contributed by atoms with E-state index in [1.54, 1.807) is 18.2 Å². The van der Waals surface area contributed by atoms with Crippen LogP contribution < -0.4 is 10.6 Å². The fourth-order valence-corrected chi connectivity index (χ4v) is 5.22. The summed E-state index contributed by atoms with van der Waals surface area (Å²) in [5.74, 6) is 0.171. The summed E-state index contributed by atoms with van der Waals surface area (Å²) in [5, 5.41) is 7.23. The summed E-state index contributed by atoms with van der Waals surface area (Å²) in [6, 6.07) is 5.00. The number of hydrogen-bond acceptors (Lipinski definition) is 3. The smallest absolute Gasteiger partial charge is 0.254 e. The first kappa shape index (κ1) is 19.5. The highest BCUT2D eigenvalue weighted by Crippen LogP contribution is 2.45. The van der Waals surface area contributed by atoms with E-state index in [-0.39, 0.29) is 17.6 Å². The van der Waals surface area contributed by atoms with Gasteiger partial charge in [-0.15, -0.1) is 0 Å². The maximum absolute atomic E-state index is 13.3. The van der Waals surface area contributed by atoms with Crippen molar-refractivity contribution in [1.82, 2.24) is 5.32 Å². The number of amides is 1. The average Bonchev–Trinajstić information content (AvgIpc) is 3.18. The number of ketones is 1. The molecule has 1 aromatic carbocycles. The molecule has 0 radical (unpaired) electrons. The van der Waals surface area contributed by atoms with Crippen LogP contribution in [0.4, 0.5) is 5.69 Å². The Labute approximate surface area is 175 Å². The van der Waals surface area contributed by atoms with E-state index in [4.69, 9.17) is 23.2 Å². The number of rotatable bonds is 3. The molecule has 4 rings (SSSR count). The maximum atomic E-state index is 13.3. The van der Waals surface area contributed by atoms with E-state index >= 15 is 0 Å². The fraction of sp³-hybridized carbons (Fsp3) is 0.455. The summed E-state index contributed by atoms with van der Waals surface area (Å²) in [7, 11) is 0. The summed E-state index contributed by atoms with van der Waals surface area (Å²) >= 11 is 12.3. The van der Waals surface area contributed by atoms with Gasteiger partial charge in [-0.2, -0.15) is 0 Å². The number of carbonyl (C=O) groups is 2.